The molecule has 4 aromatic rings. The summed E-state index contributed by atoms with van der Waals surface area (Å²) in [5.41, 5.74) is 7.38. The van der Waals surface area contributed by atoms with Crippen LogP contribution in [-0.4, -0.2) is 44.1 Å². The number of anilines is 1. The number of hydrogen-bond donors (Lipinski definition) is 1. The molecule has 0 aliphatic heterocycles. The number of nitrogens with zero attached hydrogens (tertiary/aromatic N) is 5. The first kappa shape index (κ1) is 24.4. The van der Waals surface area contributed by atoms with Crippen molar-refractivity contribution in [3.63, 3.8) is 0 Å². The molecule has 0 atom stereocenters. The maximum atomic E-state index is 13.7. The fourth-order valence-corrected chi connectivity index (χ4v) is 4.29. The standard InChI is InChI=1S/C28H34N6O/c1-7-11-29-23-13-19(4)12-21(15-23)27-31-25-10-9-18(3)14-24(25)26(32-27)28(35)33(6)17-22-16-30-34(8-2)20(22)5/h9-10,12-16,29H,7-8,11,17H2,1-6H3. The van der Waals surface area contributed by atoms with Crippen molar-refractivity contribution in [1.82, 2.24) is 24.6 Å². The molecule has 1 amide bonds. The van der Waals surface area contributed by atoms with Crippen LogP contribution in [0.25, 0.3) is 22.3 Å². The van der Waals surface area contributed by atoms with E-state index in [1.165, 1.54) is 0 Å². The summed E-state index contributed by atoms with van der Waals surface area (Å²) < 4.78 is 1.94. The predicted octanol–water partition coefficient (Wildman–Crippen LogP) is 5.53. The van der Waals surface area contributed by atoms with Crippen LogP contribution in [0, 0.1) is 20.8 Å². The lowest BCUT2D eigenvalue weighted by molar-refractivity contribution is 0.0781. The Hall–Kier alpha value is -3.74. The minimum Gasteiger partial charge on any atom is -0.385 e. The summed E-state index contributed by atoms with van der Waals surface area (Å²) >= 11 is 0. The van der Waals surface area contributed by atoms with E-state index in [0.717, 1.165) is 64.0 Å². The molecule has 1 N–H and O–H groups in total. The van der Waals surface area contributed by atoms with Gasteiger partial charge in [-0.15, -0.1) is 0 Å². The zero-order valence-electron chi connectivity index (χ0n) is 21.5. The highest BCUT2D eigenvalue weighted by Gasteiger charge is 2.21. The molecular weight excluding hydrogens is 436 g/mol. The van der Waals surface area contributed by atoms with E-state index in [0.29, 0.717) is 18.1 Å². The van der Waals surface area contributed by atoms with Crippen LogP contribution in [0.4, 0.5) is 5.69 Å². The van der Waals surface area contributed by atoms with Crippen molar-refractivity contribution in [1.29, 1.82) is 0 Å². The summed E-state index contributed by atoms with van der Waals surface area (Å²) in [6.45, 7) is 12.5. The summed E-state index contributed by atoms with van der Waals surface area (Å²) in [4.78, 5) is 25.1. The van der Waals surface area contributed by atoms with Gasteiger partial charge in [0.25, 0.3) is 5.91 Å². The van der Waals surface area contributed by atoms with Crippen LogP contribution < -0.4 is 5.32 Å². The van der Waals surface area contributed by atoms with Crippen molar-refractivity contribution >= 4 is 22.5 Å². The Morgan fingerprint density at radius 2 is 1.83 bits per heavy atom. The average molecular weight is 471 g/mol. The number of aryl methyl sites for hydroxylation is 3. The molecule has 0 fully saturated rings. The summed E-state index contributed by atoms with van der Waals surface area (Å²) in [6.07, 6.45) is 2.88. The second-order valence-electron chi connectivity index (χ2n) is 9.16. The predicted molar refractivity (Wildman–Crippen MR) is 142 cm³/mol. The first-order chi connectivity index (χ1) is 16.8. The summed E-state index contributed by atoms with van der Waals surface area (Å²) in [5.74, 6) is 0.418. The number of nitrogens with one attached hydrogen (secondary N) is 1. The van der Waals surface area contributed by atoms with Gasteiger partial charge in [-0.2, -0.15) is 5.10 Å². The lowest BCUT2D eigenvalue weighted by Gasteiger charge is -2.18. The van der Waals surface area contributed by atoms with E-state index in [4.69, 9.17) is 9.97 Å². The van der Waals surface area contributed by atoms with Crippen LogP contribution >= 0.6 is 0 Å². The molecule has 0 bridgehead atoms. The molecule has 0 saturated carbocycles. The molecular formula is C28H34N6O. The number of carbonyl (C=O) groups is 1. The van der Waals surface area contributed by atoms with Crippen LogP contribution in [0.15, 0.2) is 42.6 Å². The quantitative estimate of drug-likeness (QED) is 0.366. The van der Waals surface area contributed by atoms with E-state index in [1.807, 2.05) is 50.0 Å². The maximum Gasteiger partial charge on any atom is 0.273 e. The maximum absolute atomic E-state index is 13.7. The Labute approximate surface area is 207 Å². The Morgan fingerprint density at radius 3 is 2.54 bits per heavy atom. The monoisotopic (exact) mass is 470 g/mol. The second kappa shape index (κ2) is 10.3. The number of carbonyl (C=O) groups excluding carboxylic acids is 1. The molecule has 0 spiro atoms. The fraction of sp³-hybridized carbons (Fsp3) is 0.357. The molecule has 0 saturated heterocycles. The largest absolute Gasteiger partial charge is 0.385 e. The van der Waals surface area contributed by atoms with Crippen molar-refractivity contribution in [2.75, 3.05) is 18.9 Å². The zero-order valence-corrected chi connectivity index (χ0v) is 21.5. The number of aromatic nitrogens is 4. The lowest BCUT2D eigenvalue weighted by atomic mass is 10.1. The normalized spacial score (nSPS) is 11.1. The SMILES string of the molecule is CCCNc1cc(C)cc(-c2nc(C(=O)N(C)Cc3cnn(CC)c3C)c3cc(C)ccc3n2)c1. The van der Waals surface area contributed by atoms with Crippen LogP contribution in [0.5, 0.6) is 0 Å². The lowest BCUT2D eigenvalue weighted by Crippen LogP contribution is -2.28. The highest BCUT2D eigenvalue weighted by molar-refractivity contribution is 6.05. The van der Waals surface area contributed by atoms with Gasteiger partial charge in [-0.3, -0.25) is 9.48 Å². The zero-order chi connectivity index (χ0) is 25.1. The summed E-state index contributed by atoms with van der Waals surface area (Å²) in [6, 6.07) is 12.2. The minimum atomic E-state index is -0.134. The van der Waals surface area contributed by atoms with Gasteiger partial charge in [-0.05, 0) is 70.0 Å². The van der Waals surface area contributed by atoms with Crippen molar-refractivity contribution in [2.45, 2.75) is 54.1 Å². The van der Waals surface area contributed by atoms with Gasteiger partial charge in [0.1, 0.15) is 5.69 Å². The number of fused-ring (bicyclic) bond motifs is 1. The van der Waals surface area contributed by atoms with Crippen molar-refractivity contribution in [3.8, 4) is 11.4 Å². The summed E-state index contributed by atoms with van der Waals surface area (Å²) in [7, 11) is 1.81. The van der Waals surface area contributed by atoms with Gasteiger partial charge in [0.15, 0.2) is 5.82 Å². The molecule has 4 rings (SSSR count). The van der Waals surface area contributed by atoms with Crippen LogP contribution in [0.3, 0.4) is 0 Å². The number of amides is 1. The van der Waals surface area contributed by atoms with Crippen molar-refractivity contribution in [2.24, 2.45) is 0 Å². The Kier molecular flexibility index (Phi) is 7.15. The van der Waals surface area contributed by atoms with Crippen molar-refractivity contribution in [3.05, 3.63) is 70.7 Å². The van der Waals surface area contributed by atoms with Crippen molar-refractivity contribution < 1.29 is 4.79 Å². The van der Waals surface area contributed by atoms with Crippen LogP contribution in [0.2, 0.25) is 0 Å². The van der Waals surface area contributed by atoms with E-state index in [1.54, 1.807) is 4.90 Å². The van der Waals surface area contributed by atoms with Gasteiger partial charge < -0.3 is 10.2 Å². The van der Waals surface area contributed by atoms with Gasteiger partial charge in [-0.25, -0.2) is 9.97 Å². The van der Waals surface area contributed by atoms with Crippen LogP contribution in [0.1, 0.15) is 53.1 Å². The first-order valence-electron chi connectivity index (χ1n) is 12.2. The van der Waals surface area contributed by atoms with E-state index in [9.17, 15) is 4.79 Å². The van der Waals surface area contributed by atoms with Gasteiger partial charge in [-0.1, -0.05) is 18.6 Å². The highest BCUT2D eigenvalue weighted by Crippen LogP contribution is 2.27. The molecule has 2 aromatic heterocycles. The smallest absolute Gasteiger partial charge is 0.273 e. The molecule has 182 valence electrons. The van der Waals surface area contributed by atoms with E-state index in [-0.39, 0.29) is 5.91 Å². The molecule has 35 heavy (non-hydrogen) atoms. The second-order valence-corrected chi connectivity index (χ2v) is 9.16. The Bertz CT molecular complexity index is 1370. The van der Waals surface area contributed by atoms with Gasteiger partial charge >= 0.3 is 0 Å². The first-order valence-corrected chi connectivity index (χ1v) is 12.2. The molecule has 0 radical (unpaired) electrons. The third-order valence-electron chi connectivity index (χ3n) is 6.23. The Balaban J connectivity index is 1.77. The third kappa shape index (κ3) is 5.19. The number of hydrogen-bond acceptors (Lipinski definition) is 5. The van der Waals surface area contributed by atoms with Gasteiger partial charge in [0.2, 0.25) is 0 Å². The molecule has 2 aromatic carbocycles. The minimum absolute atomic E-state index is 0.134. The van der Waals surface area contributed by atoms with Gasteiger partial charge in [0, 0.05) is 54.6 Å². The molecule has 7 heteroatoms. The van der Waals surface area contributed by atoms with E-state index >= 15 is 0 Å². The average Bonchev–Trinajstić information content (AvgIpc) is 3.20. The molecule has 2 heterocycles. The van der Waals surface area contributed by atoms with E-state index in [2.05, 4.69) is 49.4 Å². The van der Waals surface area contributed by atoms with Crippen LogP contribution in [-0.2, 0) is 13.1 Å². The fourth-order valence-electron chi connectivity index (χ4n) is 4.29. The highest BCUT2D eigenvalue weighted by atomic mass is 16.2. The van der Waals surface area contributed by atoms with E-state index < -0.39 is 0 Å². The third-order valence-corrected chi connectivity index (χ3v) is 6.23. The molecule has 0 aliphatic rings. The molecule has 0 aliphatic carbocycles. The number of rotatable bonds is 8. The molecule has 7 nitrogen and oxygen atoms in total. The number of benzene rings is 2. The topological polar surface area (TPSA) is 75.9 Å². The Morgan fingerprint density at radius 1 is 1.03 bits per heavy atom. The summed E-state index contributed by atoms with van der Waals surface area (Å²) in [5, 5.41) is 8.63. The van der Waals surface area contributed by atoms with Gasteiger partial charge in [0.05, 0.1) is 11.7 Å². The molecule has 0 unspecified atom stereocenters.